The van der Waals surface area contributed by atoms with Crippen LogP contribution in [0.1, 0.15) is 19.8 Å². The normalized spacial score (nSPS) is 15.0. The lowest BCUT2D eigenvalue weighted by Gasteiger charge is -2.22. The first-order valence-electron chi connectivity index (χ1n) is 4.69. The molecule has 2 N–H and O–H groups in total. The van der Waals surface area contributed by atoms with Gasteiger partial charge in [0.25, 0.3) is 0 Å². The predicted octanol–water partition coefficient (Wildman–Crippen LogP) is 2.70. The SMILES string of the molecule is CCCC(CN)C[Si](C)(C)C. The molecule has 1 unspecified atom stereocenters. The Morgan fingerprint density at radius 2 is 1.82 bits per heavy atom. The van der Waals surface area contributed by atoms with Crippen LogP contribution in [0.15, 0.2) is 0 Å². The summed E-state index contributed by atoms with van der Waals surface area (Å²) in [7, 11) is -0.859. The summed E-state index contributed by atoms with van der Waals surface area (Å²) in [5.74, 6) is 0.798. The van der Waals surface area contributed by atoms with Crippen molar-refractivity contribution in [2.45, 2.75) is 45.5 Å². The van der Waals surface area contributed by atoms with Crippen LogP contribution in [0.5, 0.6) is 0 Å². The third-order valence-corrected chi connectivity index (χ3v) is 3.73. The van der Waals surface area contributed by atoms with Crippen LogP contribution in [-0.4, -0.2) is 14.6 Å². The largest absolute Gasteiger partial charge is 0.330 e. The Morgan fingerprint density at radius 1 is 1.27 bits per heavy atom. The summed E-state index contributed by atoms with van der Waals surface area (Å²) in [5.41, 5.74) is 5.69. The van der Waals surface area contributed by atoms with E-state index in [2.05, 4.69) is 26.6 Å². The van der Waals surface area contributed by atoms with Crippen molar-refractivity contribution in [2.24, 2.45) is 11.7 Å². The molecule has 0 aromatic rings. The number of hydrogen-bond acceptors (Lipinski definition) is 1. The van der Waals surface area contributed by atoms with Gasteiger partial charge in [-0.3, -0.25) is 0 Å². The summed E-state index contributed by atoms with van der Waals surface area (Å²) < 4.78 is 0. The smallest absolute Gasteiger partial charge is 0.0445 e. The van der Waals surface area contributed by atoms with Gasteiger partial charge in [0.1, 0.15) is 0 Å². The van der Waals surface area contributed by atoms with E-state index in [1.165, 1.54) is 18.9 Å². The third-order valence-electron chi connectivity index (χ3n) is 1.93. The molecule has 0 spiro atoms. The number of nitrogens with two attached hydrogens (primary N) is 1. The second-order valence-corrected chi connectivity index (χ2v) is 10.2. The van der Waals surface area contributed by atoms with E-state index in [9.17, 15) is 0 Å². The van der Waals surface area contributed by atoms with Crippen LogP contribution in [-0.2, 0) is 0 Å². The zero-order chi connectivity index (χ0) is 8.91. The van der Waals surface area contributed by atoms with Crippen LogP contribution in [0, 0.1) is 5.92 Å². The molecule has 68 valence electrons. The fraction of sp³-hybridized carbons (Fsp3) is 1.00. The Balaban J connectivity index is 3.68. The standard InChI is InChI=1S/C9H23NSi/c1-5-6-9(7-10)8-11(2,3)4/h9H,5-8,10H2,1-4H3. The molecule has 0 aliphatic heterocycles. The zero-order valence-corrected chi connectivity index (χ0v) is 9.48. The van der Waals surface area contributed by atoms with Gasteiger partial charge in [-0.15, -0.1) is 0 Å². The van der Waals surface area contributed by atoms with Crippen molar-refractivity contribution in [1.82, 2.24) is 0 Å². The van der Waals surface area contributed by atoms with Gasteiger partial charge in [0.05, 0.1) is 0 Å². The third kappa shape index (κ3) is 6.57. The van der Waals surface area contributed by atoms with Gasteiger partial charge in [-0.1, -0.05) is 39.0 Å². The molecule has 0 radical (unpaired) electrons. The van der Waals surface area contributed by atoms with Crippen molar-refractivity contribution in [2.75, 3.05) is 6.54 Å². The van der Waals surface area contributed by atoms with Crippen molar-refractivity contribution in [3.8, 4) is 0 Å². The van der Waals surface area contributed by atoms with Gasteiger partial charge in [0, 0.05) is 8.07 Å². The maximum atomic E-state index is 5.69. The van der Waals surface area contributed by atoms with E-state index in [1.54, 1.807) is 0 Å². The van der Waals surface area contributed by atoms with Gasteiger partial charge in [-0.05, 0) is 18.9 Å². The van der Waals surface area contributed by atoms with Crippen LogP contribution in [0.3, 0.4) is 0 Å². The van der Waals surface area contributed by atoms with Crippen LogP contribution in [0.25, 0.3) is 0 Å². The lowest BCUT2D eigenvalue weighted by Crippen LogP contribution is -2.27. The Bertz CT molecular complexity index is 96.2. The van der Waals surface area contributed by atoms with Crippen LogP contribution >= 0.6 is 0 Å². The molecule has 2 heteroatoms. The minimum atomic E-state index is -0.859. The van der Waals surface area contributed by atoms with Gasteiger partial charge >= 0.3 is 0 Å². The highest BCUT2D eigenvalue weighted by Crippen LogP contribution is 2.19. The Labute approximate surface area is 72.4 Å². The van der Waals surface area contributed by atoms with Crippen LogP contribution in [0.4, 0.5) is 0 Å². The van der Waals surface area contributed by atoms with Gasteiger partial charge < -0.3 is 5.73 Å². The highest BCUT2D eigenvalue weighted by Gasteiger charge is 2.18. The van der Waals surface area contributed by atoms with E-state index in [0.717, 1.165) is 12.5 Å². The van der Waals surface area contributed by atoms with Crippen molar-refractivity contribution in [3.05, 3.63) is 0 Å². The van der Waals surface area contributed by atoms with Crippen molar-refractivity contribution in [3.63, 3.8) is 0 Å². The molecule has 1 nitrogen and oxygen atoms in total. The first kappa shape index (κ1) is 11.2. The summed E-state index contributed by atoms with van der Waals surface area (Å²) in [6.07, 6.45) is 2.60. The average molecular weight is 173 g/mol. The Hall–Kier alpha value is 0.177. The predicted molar refractivity (Wildman–Crippen MR) is 55.6 cm³/mol. The van der Waals surface area contributed by atoms with Gasteiger partial charge in [0.15, 0.2) is 0 Å². The van der Waals surface area contributed by atoms with Gasteiger partial charge in [0.2, 0.25) is 0 Å². The maximum absolute atomic E-state index is 5.69. The molecule has 0 saturated carbocycles. The van der Waals surface area contributed by atoms with Crippen LogP contribution in [0.2, 0.25) is 25.7 Å². The summed E-state index contributed by atoms with van der Waals surface area (Å²) in [6, 6.07) is 1.40. The minimum absolute atomic E-state index is 0.798. The van der Waals surface area contributed by atoms with Crippen molar-refractivity contribution in [1.29, 1.82) is 0 Å². The van der Waals surface area contributed by atoms with E-state index in [4.69, 9.17) is 5.73 Å². The summed E-state index contributed by atoms with van der Waals surface area (Å²) in [4.78, 5) is 0. The first-order chi connectivity index (χ1) is 4.99. The zero-order valence-electron chi connectivity index (χ0n) is 8.48. The Kier molecular flexibility index (Phi) is 5.02. The van der Waals surface area contributed by atoms with E-state index in [-0.39, 0.29) is 0 Å². The molecule has 1 atom stereocenters. The average Bonchev–Trinajstić information content (AvgIpc) is 1.84. The molecule has 0 heterocycles. The quantitative estimate of drug-likeness (QED) is 0.636. The molecule has 0 aromatic heterocycles. The second kappa shape index (κ2) is 4.94. The van der Waals surface area contributed by atoms with E-state index in [0.29, 0.717) is 0 Å². The molecular formula is C9H23NSi. The minimum Gasteiger partial charge on any atom is -0.330 e. The molecule has 0 aliphatic carbocycles. The summed E-state index contributed by atoms with van der Waals surface area (Å²) in [6.45, 7) is 10.4. The van der Waals surface area contributed by atoms with Gasteiger partial charge in [-0.25, -0.2) is 0 Å². The molecule has 0 aliphatic rings. The van der Waals surface area contributed by atoms with Crippen molar-refractivity contribution < 1.29 is 0 Å². The highest BCUT2D eigenvalue weighted by atomic mass is 28.3. The van der Waals surface area contributed by atoms with E-state index >= 15 is 0 Å². The summed E-state index contributed by atoms with van der Waals surface area (Å²) in [5, 5.41) is 0. The fourth-order valence-corrected chi connectivity index (χ4v) is 3.68. The van der Waals surface area contributed by atoms with Crippen molar-refractivity contribution >= 4 is 8.07 Å². The van der Waals surface area contributed by atoms with E-state index in [1.807, 2.05) is 0 Å². The summed E-state index contributed by atoms with van der Waals surface area (Å²) >= 11 is 0. The van der Waals surface area contributed by atoms with Gasteiger partial charge in [-0.2, -0.15) is 0 Å². The molecule has 0 bridgehead atoms. The topological polar surface area (TPSA) is 26.0 Å². The monoisotopic (exact) mass is 173 g/mol. The molecule has 0 fully saturated rings. The molecule has 11 heavy (non-hydrogen) atoms. The molecule has 0 amide bonds. The lowest BCUT2D eigenvalue weighted by atomic mass is 10.1. The van der Waals surface area contributed by atoms with E-state index < -0.39 is 8.07 Å². The number of rotatable bonds is 5. The molecule has 0 saturated heterocycles. The first-order valence-corrected chi connectivity index (χ1v) is 8.40. The Morgan fingerprint density at radius 3 is 2.09 bits per heavy atom. The lowest BCUT2D eigenvalue weighted by molar-refractivity contribution is 0.529. The number of hydrogen-bond donors (Lipinski definition) is 1. The fourth-order valence-electron chi connectivity index (χ4n) is 1.58. The van der Waals surface area contributed by atoms with Crippen LogP contribution < -0.4 is 5.73 Å². The maximum Gasteiger partial charge on any atom is 0.0445 e. The molecule has 0 aromatic carbocycles. The molecule has 0 rings (SSSR count). The molecular weight excluding hydrogens is 150 g/mol. The highest BCUT2D eigenvalue weighted by molar-refractivity contribution is 6.76. The second-order valence-electron chi connectivity index (χ2n) is 4.66.